The predicted molar refractivity (Wildman–Crippen MR) is 96.0 cm³/mol. The lowest BCUT2D eigenvalue weighted by Gasteiger charge is -2.15. The summed E-state index contributed by atoms with van der Waals surface area (Å²) >= 11 is 0. The highest BCUT2D eigenvalue weighted by Gasteiger charge is 2.16. The topological polar surface area (TPSA) is 101 Å². The summed E-state index contributed by atoms with van der Waals surface area (Å²) in [5, 5.41) is 11.1. The molecule has 0 radical (unpaired) electrons. The Morgan fingerprint density at radius 1 is 1.20 bits per heavy atom. The van der Waals surface area contributed by atoms with Gasteiger partial charge in [-0.3, -0.25) is 10.1 Å². The Morgan fingerprint density at radius 2 is 1.80 bits per heavy atom. The zero-order chi connectivity index (χ0) is 18.7. The molecule has 0 bridgehead atoms. The average Bonchev–Trinajstić information content (AvgIpc) is 2.79. The van der Waals surface area contributed by atoms with Gasteiger partial charge in [-0.25, -0.2) is 4.79 Å². The van der Waals surface area contributed by atoms with E-state index in [4.69, 9.17) is 5.73 Å². The van der Waals surface area contributed by atoms with Crippen molar-refractivity contribution in [1.29, 1.82) is 5.26 Å². The van der Waals surface area contributed by atoms with Gasteiger partial charge in [0.25, 0.3) is 5.91 Å². The third-order valence-corrected chi connectivity index (χ3v) is 4.04. The molecule has 1 aromatic carbocycles. The molecule has 0 fully saturated rings. The van der Waals surface area contributed by atoms with E-state index in [2.05, 4.69) is 4.57 Å². The van der Waals surface area contributed by atoms with Crippen molar-refractivity contribution in [2.45, 2.75) is 27.7 Å². The fraction of sp³-hybridized carbons (Fsp3) is 0.211. The summed E-state index contributed by atoms with van der Waals surface area (Å²) in [7, 11) is 0. The van der Waals surface area contributed by atoms with Gasteiger partial charge >= 0.3 is 6.03 Å². The number of benzene rings is 1. The predicted octanol–water partition coefficient (Wildman–Crippen LogP) is 2.81. The summed E-state index contributed by atoms with van der Waals surface area (Å²) in [4.78, 5) is 22.7. The number of carbonyl (C=O) groups excluding carboxylic acids is 2. The molecule has 128 valence electrons. The molecule has 0 saturated carbocycles. The lowest BCUT2D eigenvalue weighted by molar-refractivity contribution is -0.115. The van der Waals surface area contributed by atoms with Crippen molar-refractivity contribution in [2.24, 2.45) is 5.73 Å². The van der Waals surface area contributed by atoms with Crippen LogP contribution in [0.3, 0.4) is 0 Å². The summed E-state index contributed by atoms with van der Waals surface area (Å²) in [6.07, 6.45) is 1.46. The zero-order valence-electron chi connectivity index (χ0n) is 14.7. The standard InChI is InChI=1S/C19H20N4O2/c1-11-6-5-7-12(2)17(11)23-13(3)8-15(14(23)4)9-16(10-20)18(24)22-19(21)25/h5-9H,1-4H3,(H3,21,22,24,25)/b16-9-. The molecule has 0 spiro atoms. The van der Waals surface area contributed by atoms with Crippen molar-refractivity contribution < 1.29 is 9.59 Å². The van der Waals surface area contributed by atoms with E-state index in [0.717, 1.165) is 33.8 Å². The monoisotopic (exact) mass is 336 g/mol. The molecular weight excluding hydrogens is 316 g/mol. The molecule has 1 aromatic heterocycles. The number of nitrogens with zero attached hydrogens (tertiary/aromatic N) is 2. The molecule has 2 rings (SSSR count). The van der Waals surface area contributed by atoms with Crippen LogP contribution >= 0.6 is 0 Å². The van der Waals surface area contributed by atoms with E-state index in [0.29, 0.717) is 0 Å². The van der Waals surface area contributed by atoms with Gasteiger partial charge in [0.2, 0.25) is 0 Å². The fourth-order valence-electron chi connectivity index (χ4n) is 2.92. The van der Waals surface area contributed by atoms with Gasteiger partial charge < -0.3 is 10.3 Å². The van der Waals surface area contributed by atoms with E-state index in [-0.39, 0.29) is 5.57 Å². The molecule has 0 aliphatic rings. The van der Waals surface area contributed by atoms with Crippen molar-refractivity contribution in [3.63, 3.8) is 0 Å². The Labute approximate surface area is 146 Å². The van der Waals surface area contributed by atoms with Crippen LogP contribution < -0.4 is 11.1 Å². The fourth-order valence-corrected chi connectivity index (χ4v) is 2.92. The smallest absolute Gasteiger partial charge is 0.319 e. The number of hydrogen-bond acceptors (Lipinski definition) is 3. The molecule has 6 nitrogen and oxygen atoms in total. The van der Waals surface area contributed by atoms with Gasteiger partial charge in [0.1, 0.15) is 11.6 Å². The number of hydrogen-bond donors (Lipinski definition) is 2. The number of nitriles is 1. The molecule has 3 N–H and O–H groups in total. The second-order valence-corrected chi connectivity index (χ2v) is 5.89. The molecule has 0 atom stereocenters. The Bertz CT molecular complexity index is 909. The van der Waals surface area contributed by atoms with Crippen LogP contribution in [0, 0.1) is 39.0 Å². The number of aromatic nitrogens is 1. The van der Waals surface area contributed by atoms with Crippen LogP contribution in [0.2, 0.25) is 0 Å². The van der Waals surface area contributed by atoms with Gasteiger partial charge in [0.05, 0.1) is 5.69 Å². The molecule has 25 heavy (non-hydrogen) atoms. The number of para-hydroxylation sites is 1. The number of imide groups is 1. The molecule has 0 saturated heterocycles. The summed E-state index contributed by atoms with van der Waals surface area (Å²) in [6, 6.07) is 8.80. The highest BCUT2D eigenvalue weighted by molar-refractivity contribution is 6.08. The number of nitrogens with two attached hydrogens (primary N) is 1. The van der Waals surface area contributed by atoms with Crippen molar-refractivity contribution in [1.82, 2.24) is 9.88 Å². The van der Waals surface area contributed by atoms with Crippen LogP contribution in [0.15, 0.2) is 29.8 Å². The third-order valence-electron chi connectivity index (χ3n) is 4.04. The van der Waals surface area contributed by atoms with Crippen LogP contribution in [0.1, 0.15) is 28.1 Å². The summed E-state index contributed by atoms with van der Waals surface area (Å²) in [5.41, 5.74) is 10.7. The van der Waals surface area contributed by atoms with Gasteiger partial charge in [-0.05, 0) is 56.5 Å². The van der Waals surface area contributed by atoms with Crippen LogP contribution in [-0.4, -0.2) is 16.5 Å². The van der Waals surface area contributed by atoms with Gasteiger partial charge in [0.15, 0.2) is 0 Å². The second kappa shape index (κ2) is 7.05. The number of aryl methyl sites for hydroxylation is 3. The highest BCUT2D eigenvalue weighted by atomic mass is 16.2. The van der Waals surface area contributed by atoms with Crippen molar-refractivity contribution in [3.8, 4) is 11.8 Å². The number of urea groups is 1. The maximum absolute atomic E-state index is 11.9. The minimum absolute atomic E-state index is 0.180. The summed E-state index contributed by atoms with van der Waals surface area (Å²) in [6.45, 7) is 7.97. The third kappa shape index (κ3) is 3.61. The normalized spacial score (nSPS) is 11.1. The van der Waals surface area contributed by atoms with E-state index >= 15 is 0 Å². The lowest BCUT2D eigenvalue weighted by Crippen LogP contribution is -2.35. The largest absolute Gasteiger partial charge is 0.351 e. The first-order valence-corrected chi connectivity index (χ1v) is 7.74. The second-order valence-electron chi connectivity index (χ2n) is 5.89. The average molecular weight is 336 g/mol. The number of rotatable bonds is 3. The first kappa shape index (κ1) is 18.0. The maximum Gasteiger partial charge on any atom is 0.319 e. The number of amides is 3. The molecule has 0 unspecified atom stereocenters. The molecule has 1 heterocycles. The minimum atomic E-state index is -0.993. The Kier molecular flexibility index (Phi) is 5.08. The molecule has 0 aliphatic carbocycles. The van der Waals surface area contributed by atoms with E-state index in [1.54, 1.807) is 6.07 Å². The van der Waals surface area contributed by atoms with Crippen molar-refractivity contribution in [2.75, 3.05) is 0 Å². The first-order chi connectivity index (χ1) is 11.8. The van der Waals surface area contributed by atoms with Gasteiger partial charge in [-0.1, -0.05) is 18.2 Å². The van der Waals surface area contributed by atoms with E-state index in [1.807, 2.05) is 57.3 Å². The highest BCUT2D eigenvalue weighted by Crippen LogP contribution is 2.27. The van der Waals surface area contributed by atoms with E-state index in [1.165, 1.54) is 6.08 Å². The Balaban J connectivity index is 2.57. The number of nitrogens with one attached hydrogen (secondary N) is 1. The molecule has 0 aliphatic heterocycles. The summed E-state index contributed by atoms with van der Waals surface area (Å²) in [5.74, 6) is -0.813. The van der Waals surface area contributed by atoms with Gasteiger partial charge in [-0.15, -0.1) is 0 Å². The number of carbonyl (C=O) groups is 2. The van der Waals surface area contributed by atoms with Crippen LogP contribution in [0.5, 0.6) is 0 Å². The van der Waals surface area contributed by atoms with Crippen LogP contribution in [-0.2, 0) is 4.79 Å². The first-order valence-electron chi connectivity index (χ1n) is 7.74. The zero-order valence-corrected chi connectivity index (χ0v) is 14.7. The summed E-state index contributed by atoms with van der Waals surface area (Å²) < 4.78 is 2.09. The van der Waals surface area contributed by atoms with Crippen LogP contribution in [0.25, 0.3) is 11.8 Å². The van der Waals surface area contributed by atoms with Gasteiger partial charge in [-0.2, -0.15) is 5.26 Å². The van der Waals surface area contributed by atoms with Crippen molar-refractivity contribution in [3.05, 3.63) is 57.9 Å². The van der Waals surface area contributed by atoms with E-state index in [9.17, 15) is 14.9 Å². The molecule has 6 heteroatoms. The molecular formula is C19H20N4O2. The van der Waals surface area contributed by atoms with Crippen molar-refractivity contribution >= 4 is 18.0 Å². The Morgan fingerprint density at radius 3 is 2.32 bits per heavy atom. The number of primary amides is 1. The van der Waals surface area contributed by atoms with Crippen LogP contribution in [0.4, 0.5) is 4.79 Å². The Hall–Kier alpha value is -3.33. The SMILES string of the molecule is Cc1cccc(C)c1-n1c(C)cc(/C=C(/C#N)C(=O)NC(N)=O)c1C. The quantitative estimate of drug-likeness (QED) is 0.665. The molecule has 3 amide bonds. The maximum atomic E-state index is 11.9. The lowest BCUT2D eigenvalue weighted by atomic mass is 10.1. The van der Waals surface area contributed by atoms with E-state index < -0.39 is 11.9 Å². The minimum Gasteiger partial charge on any atom is -0.351 e. The molecule has 2 aromatic rings. The van der Waals surface area contributed by atoms with Gasteiger partial charge in [0, 0.05) is 11.4 Å².